The van der Waals surface area contributed by atoms with E-state index in [2.05, 4.69) is 34.9 Å². The topological polar surface area (TPSA) is 125 Å². The SMILES string of the molecule is O=C(CC1CC(CNC(=O)OCC2c3ccccc3-c3ccccc32)C1)N[C@@H](CO)C(=O)O. The van der Waals surface area contributed by atoms with Crippen molar-refractivity contribution < 1.29 is 29.3 Å². The van der Waals surface area contributed by atoms with Crippen LogP contribution in [0.25, 0.3) is 11.1 Å². The molecule has 33 heavy (non-hydrogen) atoms. The number of ether oxygens (including phenoxy) is 1. The maximum atomic E-state index is 12.3. The van der Waals surface area contributed by atoms with Gasteiger partial charge >= 0.3 is 12.1 Å². The van der Waals surface area contributed by atoms with E-state index in [1.54, 1.807) is 0 Å². The lowest BCUT2D eigenvalue weighted by Crippen LogP contribution is -2.45. The van der Waals surface area contributed by atoms with E-state index >= 15 is 0 Å². The van der Waals surface area contributed by atoms with Crippen LogP contribution in [0.15, 0.2) is 48.5 Å². The Morgan fingerprint density at radius 2 is 1.58 bits per heavy atom. The molecule has 4 N–H and O–H groups in total. The molecule has 0 aliphatic heterocycles. The molecule has 1 saturated carbocycles. The quantitative estimate of drug-likeness (QED) is 0.463. The summed E-state index contributed by atoms with van der Waals surface area (Å²) in [4.78, 5) is 35.0. The molecule has 2 aliphatic rings. The van der Waals surface area contributed by atoms with Crippen LogP contribution in [-0.2, 0) is 14.3 Å². The molecule has 8 nitrogen and oxygen atoms in total. The number of carbonyl (C=O) groups is 3. The Morgan fingerprint density at radius 1 is 0.970 bits per heavy atom. The van der Waals surface area contributed by atoms with Gasteiger partial charge in [0.1, 0.15) is 12.6 Å². The molecule has 0 heterocycles. The first kappa shape index (κ1) is 22.8. The zero-order chi connectivity index (χ0) is 23.4. The summed E-state index contributed by atoms with van der Waals surface area (Å²) in [6.07, 6.45) is 1.30. The van der Waals surface area contributed by atoms with E-state index in [1.165, 1.54) is 11.1 Å². The van der Waals surface area contributed by atoms with E-state index in [-0.39, 0.29) is 36.7 Å². The summed E-state index contributed by atoms with van der Waals surface area (Å²) in [5.41, 5.74) is 4.69. The van der Waals surface area contributed by atoms with E-state index in [0.29, 0.717) is 6.54 Å². The van der Waals surface area contributed by atoms with Crippen LogP contribution in [0, 0.1) is 11.8 Å². The fourth-order valence-electron chi connectivity index (χ4n) is 4.79. The van der Waals surface area contributed by atoms with Crippen LogP contribution in [0.4, 0.5) is 4.79 Å². The fraction of sp³-hybridized carbons (Fsp3) is 0.400. The molecular weight excluding hydrogens is 424 g/mol. The normalized spacial score (nSPS) is 19.5. The van der Waals surface area contributed by atoms with Crippen LogP contribution < -0.4 is 10.6 Å². The largest absolute Gasteiger partial charge is 0.480 e. The summed E-state index contributed by atoms with van der Waals surface area (Å²) < 4.78 is 5.54. The summed E-state index contributed by atoms with van der Waals surface area (Å²) in [6, 6.07) is 15.1. The third kappa shape index (κ3) is 5.17. The maximum Gasteiger partial charge on any atom is 0.407 e. The summed E-state index contributed by atoms with van der Waals surface area (Å²) >= 11 is 0. The highest BCUT2D eigenvalue weighted by Crippen LogP contribution is 2.44. The highest BCUT2D eigenvalue weighted by Gasteiger charge is 2.32. The lowest BCUT2D eigenvalue weighted by atomic mass is 9.73. The van der Waals surface area contributed by atoms with Gasteiger partial charge in [-0.1, -0.05) is 48.5 Å². The van der Waals surface area contributed by atoms with Crippen molar-refractivity contribution in [3.05, 3.63) is 59.7 Å². The summed E-state index contributed by atoms with van der Waals surface area (Å²) in [7, 11) is 0. The predicted octanol–water partition coefficient (Wildman–Crippen LogP) is 2.50. The third-order valence-corrected chi connectivity index (χ3v) is 6.50. The average Bonchev–Trinajstić information content (AvgIpc) is 3.11. The molecule has 0 bridgehead atoms. The molecule has 174 valence electrons. The van der Waals surface area contributed by atoms with Gasteiger partial charge in [0.25, 0.3) is 0 Å². The monoisotopic (exact) mass is 452 g/mol. The van der Waals surface area contributed by atoms with Gasteiger partial charge in [-0.3, -0.25) is 4.79 Å². The number of amides is 2. The van der Waals surface area contributed by atoms with Gasteiger partial charge in [0.05, 0.1) is 6.61 Å². The van der Waals surface area contributed by atoms with Gasteiger partial charge in [-0.2, -0.15) is 0 Å². The van der Waals surface area contributed by atoms with Crippen molar-refractivity contribution in [1.82, 2.24) is 10.6 Å². The second-order valence-corrected chi connectivity index (χ2v) is 8.75. The van der Waals surface area contributed by atoms with E-state index < -0.39 is 24.7 Å². The zero-order valence-corrected chi connectivity index (χ0v) is 18.2. The third-order valence-electron chi connectivity index (χ3n) is 6.50. The van der Waals surface area contributed by atoms with Crippen LogP contribution in [-0.4, -0.2) is 54.0 Å². The number of hydrogen-bond acceptors (Lipinski definition) is 5. The van der Waals surface area contributed by atoms with Crippen molar-refractivity contribution in [2.24, 2.45) is 11.8 Å². The van der Waals surface area contributed by atoms with E-state index in [9.17, 15) is 14.4 Å². The number of hydrogen-bond donors (Lipinski definition) is 4. The minimum atomic E-state index is -1.27. The zero-order valence-electron chi connectivity index (χ0n) is 18.2. The molecule has 0 aromatic heterocycles. The lowest BCUT2D eigenvalue weighted by Gasteiger charge is -2.35. The van der Waals surface area contributed by atoms with Gasteiger partial charge in [0.15, 0.2) is 0 Å². The molecule has 2 aromatic carbocycles. The summed E-state index contributed by atoms with van der Waals surface area (Å²) in [6.45, 7) is 0.102. The first-order valence-corrected chi connectivity index (χ1v) is 11.2. The molecule has 0 spiro atoms. The first-order valence-electron chi connectivity index (χ1n) is 11.2. The highest BCUT2D eigenvalue weighted by atomic mass is 16.5. The standard InChI is InChI=1S/C25H28N2O6/c28-13-22(24(30)31)27-23(29)11-15-9-16(10-15)12-26-25(32)33-14-21-19-7-3-1-5-17(19)18-6-2-4-8-20(18)21/h1-8,15-16,21-22,28H,9-14H2,(H,26,32)(H,27,29)(H,30,31)/t15?,16?,22-/m0/s1. The number of alkyl carbamates (subject to hydrolysis) is 1. The maximum absolute atomic E-state index is 12.3. The number of nitrogens with one attached hydrogen (secondary N) is 2. The Labute approximate surface area is 192 Å². The Hall–Kier alpha value is -3.39. The van der Waals surface area contributed by atoms with Gasteiger partial charge < -0.3 is 25.6 Å². The Morgan fingerprint density at radius 3 is 2.15 bits per heavy atom. The number of aliphatic hydroxyl groups excluding tert-OH is 1. The molecule has 1 atom stereocenters. The van der Waals surface area contributed by atoms with Crippen molar-refractivity contribution >= 4 is 18.0 Å². The lowest BCUT2D eigenvalue weighted by molar-refractivity contribution is -0.143. The van der Waals surface area contributed by atoms with E-state index in [0.717, 1.165) is 24.0 Å². The molecule has 8 heteroatoms. The van der Waals surface area contributed by atoms with Crippen LogP contribution in [0.5, 0.6) is 0 Å². The Kier molecular flexibility index (Phi) is 6.93. The number of aliphatic carboxylic acids is 1. The van der Waals surface area contributed by atoms with Crippen LogP contribution in [0.2, 0.25) is 0 Å². The summed E-state index contributed by atoms with van der Waals surface area (Å²) in [5.74, 6) is -1.22. The predicted molar refractivity (Wildman–Crippen MR) is 121 cm³/mol. The fourth-order valence-corrected chi connectivity index (χ4v) is 4.79. The first-order chi connectivity index (χ1) is 16.0. The molecule has 2 amide bonds. The van der Waals surface area contributed by atoms with Crippen molar-refractivity contribution in [2.75, 3.05) is 19.8 Å². The van der Waals surface area contributed by atoms with Gasteiger partial charge in [-0.25, -0.2) is 9.59 Å². The van der Waals surface area contributed by atoms with Gasteiger partial charge in [-0.15, -0.1) is 0 Å². The van der Waals surface area contributed by atoms with Crippen LogP contribution >= 0.6 is 0 Å². The molecule has 4 rings (SSSR count). The molecule has 1 fully saturated rings. The Bertz CT molecular complexity index is 988. The van der Waals surface area contributed by atoms with Crippen molar-refractivity contribution in [3.63, 3.8) is 0 Å². The number of fused-ring (bicyclic) bond motifs is 3. The number of carboxylic acid groups (broad SMARTS) is 1. The van der Waals surface area contributed by atoms with Crippen LogP contribution in [0.1, 0.15) is 36.3 Å². The van der Waals surface area contributed by atoms with E-state index in [1.807, 2.05) is 24.3 Å². The van der Waals surface area contributed by atoms with Crippen LogP contribution in [0.3, 0.4) is 0 Å². The second kappa shape index (κ2) is 10.0. The minimum absolute atomic E-state index is 0.0169. The van der Waals surface area contributed by atoms with Crippen molar-refractivity contribution in [2.45, 2.75) is 31.2 Å². The molecule has 2 aliphatic carbocycles. The number of carboxylic acids is 1. The highest BCUT2D eigenvalue weighted by molar-refractivity contribution is 5.83. The molecule has 0 saturated heterocycles. The number of benzene rings is 2. The molecule has 0 unspecified atom stereocenters. The van der Waals surface area contributed by atoms with Gasteiger partial charge in [0, 0.05) is 18.9 Å². The van der Waals surface area contributed by atoms with E-state index in [4.69, 9.17) is 14.9 Å². The molecular formula is C25H28N2O6. The van der Waals surface area contributed by atoms with Crippen molar-refractivity contribution in [3.8, 4) is 11.1 Å². The molecule has 0 radical (unpaired) electrons. The number of rotatable bonds is 9. The smallest absolute Gasteiger partial charge is 0.407 e. The molecule has 2 aromatic rings. The number of aliphatic hydroxyl groups is 1. The van der Waals surface area contributed by atoms with Gasteiger partial charge in [-0.05, 0) is 46.9 Å². The number of carbonyl (C=O) groups excluding carboxylic acids is 2. The summed E-state index contributed by atoms with van der Waals surface area (Å²) in [5, 5.41) is 23.0. The van der Waals surface area contributed by atoms with Gasteiger partial charge in [0.2, 0.25) is 5.91 Å². The van der Waals surface area contributed by atoms with Crippen molar-refractivity contribution in [1.29, 1.82) is 0 Å². The second-order valence-electron chi connectivity index (χ2n) is 8.75. The average molecular weight is 453 g/mol. The minimum Gasteiger partial charge on any atom is -0.480 e. The Balaban J connectivity index is 1.18.